The second-order valence-electron chi connectivity index (χ2n) is 1.93. The highest BCUT2D eigenvalue weighted by Crippen LogP contribution is 2.40. The fourth-order valence-electron chi connectivity index (χ4n) is 0.506. The lowest BCUT2D eigenvalue weighted by Crippen LogP contribution is -2.12. The fourth-order valence-corrected chi connectivity index (χ4v) is 0.506. The molecule has 0 aliphatic heterocycles. The normalized spacial score (nSPS) is 19.9. The Morgan fingerprint density at radius 1 is 1.78 bits per heavy atom. The molecule has 1 fully saturated rings. The molecule has 4 heteroatoms. The maximum atomic E-state index is 9.85. The van der Waals surface area contributed by atoms with Crippen LogP contribution >= 0.6 is 0 Å². The average molecular weight is 127 g/mol. The van der Waals surface area contributed by atoms with Gasteiger partial charge in [-0.3, -0.25) is 4.85 Å². The van der Waals surface area contributed by atoms with Gasteiger partial charge < -0.3 is 9.84 Å². The molecule has 0 radical (unpaired) electrons. The van der Waals surface area contributed by atoms with Crippen molar-refractivity contribution in [2.75, 3.05) is 0 Å². The molecule has 0 aromatic rings. The van der Waals surface area contributed by atoms with Crippen LogP contribution in [0, 0.1) is 6.57 Å². The predicted octanol–water partition coefficient (Wildman–Crippen LogP) is 1.09. The van der Waals surface area contributed by atoms with Crippen LogP contribution in [0.2, 0.25) is 0 Å². The van der Waals surface area contributed by atoms with Crippen LogP contribution in [-0.4, -0.2) is 17.0 Å². The molecule has 1 aliphatic rings. The molecule has 0 atom stereocenters. The minimum Gasteiger partial charge on any atom is -0.450 e. The van der Waals surface area contributed by atoms with Crippen LogP contribution < -0.4 is 0 Å². The standard InChI is InChI=1S/C5H5NO3/c1-6-5(2-3-5)9-4(7)8/h2-3H2,(H,7,8). The highest BCUT2D eigenvalue weighted by Gasteiger charge is 2.55. The second-order valence-corrected chi connectivity index (χ2v) is 1.93. The second kappa shape index (κ2) is 1.62. The van der Waals surface area contributed by atoms with Crippen molar-refractivity contribution in [1.82, 2.24) is 0 Å². The summed E-state index contributed by atoms with van der Waals surface area (Å²) >= 11 is 0. The molecular weight excluding hydrogens is 122 g/mol. The van der Waals surface area contributed by atoms with Crippen molar-refractivity contribution in [3.8, 4) is 0 Å². The van der Waals surface area contributed by atoms with Gasteiger partial charge in [-0.2, -0.15) is 0 Å². The van der Waals surface area contributed by atoms with Crippen molar-refractivity contribution < 1.29 is 14.6 Å². The molecule has 0 aromatic heterocycles. The zero-order chi connectivity index (χ0) is 6.91. The van der Waals surface area contributed by atoms with E-state index in [2.05, 4.69) is 9.58 Å². The van der Waals surface area contributed by atoms with Gasteiger partial charge in [0.15, 0.2) is 0 Å². The molecule has 0 amide bonds. The van der Waals surface area contributed by atoms with E-state index in [1.54, 1.807) is 0 Å². The minimum absolute atomic E-state index is 0.544. The summed E-state index contributed by atoms with van der Waals surface area (Å²) in [5, 5.41) is 8.05. The van der Waals surface area contributed by atoms with Crippen molar-refractivity contribution in [1.29, 1.82) is 0 Å². The first-order valence-electron chi connectivity index (χ1n) is 2.49. The Balaban J connectivity index is 2.45. The summed E-state index contributed by atoms with van der Waals surface area (Å²) in [5.74, 6) is 0. The molecule has 1 saturated carbocycles. The van der Waals surface area contributed by atoms with Crippen molar-refractivity contribution in [3.63, 3.8) is 0 Å². The molecule has 0 bridgehead atoms. The van der Waals surface area contributed by atoms with Crippen LogP contribution in [0.25, 0.3) is 4.85 Å². The number of nitrogens with zero attached hydrogens (tertiary/aromatic N) is 1. The van der Waals surface area contributed by atoms with E-state index in [4.69, 9.17) is 11.7 Å². The summed E-state index contributed by atoms with van der Waals surface area (Å²) in [6.45, 7) is 6.50. The molecule has 1 N–H and O–H groups in total. The Kier molecular flexibility index (Phi) is 1.06. The maximum Gasteiger partial charge on any atom is 0.511 e. The average Bonchev–Trinajstić information content (AvgIpc) is 2.48. The van der Waals surface area contributed by atoms with Crippen LogP contribution in [-0.2, 0) is 4.74 Å². The summed E-state index contributed by atoms with van der Waals surface area (Å²) in [6.07, 6.45) is -0.269. The molecular formula is C5H5NO3. The predicted molar refractivity (Wildman–Crippen MR) is 27.7 cm³/mol. The van der Waals surface area contributed by atoms with Crippen LogP contribution in [0.5, 0.6) is 0 Å². The Hall–Kier alpha value is -1.24. The van der Waals surface area contributed by atoms with Crippen LogP contribution in [0.3, 0.4) is 0 Å². The molecule has 0 saturated heterocycles. The number of hydrogen-bond acceptors (Lipinski definition) is 2. The third-order valence-corrected chi connectivity index (χ3v) is 1.16. The van der Waals surface area contributed by atoms with Gasteiger partial charge in [0.2, 0.25) is 0 Å². The molecule has 0 heterocycles. The fraction of sp³-hybridized carbons (Fsp3) is 0.600. The summed E-state index contributed by atoms with van der Waals surface area (Å²) in [5.41, 5.74) is -0.994. The van der Waals surface area contributed by atoms with E-state index in [9.17, 15) is 4.79 Å². The third-order valence-electron chi connectivity index (χ3n) is 1.16. The molecule has 1 rings (SSSR count). The van der Waals surface area contributed by atoms with E-state index in [0.717, 1.165) is 0 Å². The molecule has 0 spiro atoms. The van der Waals surface area contributed by atoms with Crippen molar-refractivity contribution in [3.05, 3.63) is 11.4 Å². The number of hydrogen-bond donors (Lipinski definition) is 1. The highest BCUT2D eigenvalue weighted by atomic mass is 16.7. The Morgan fingerprint density at radius 2 is 2.33 bits per heavy atom. The van der Waals surface area contributed by atoms with Crippen LogP contribution in [0.1, 0.15) is 12.8 Å². The van der Waals surface area contributed by atoms with Gasteiger partial charge in [-0.05, 0) is 0 Å². The zero-order valence-electron chi connectivity index (χ0n) is 4.63. The third kappa shape index (κ3) is 1.11. The molecule has 4 nitrogen and oxygen atoms in total. The van der Waals surface area contributed by atoms with Gasteiger partial charge in [0.25, 0.3) is 0 Å². The van der Waals surface area contributed by atoms with E-state index in [0.29, 0.717) is 12.8 Å². The summed E-state index contributed by atoms with van der Waals surface area (Å²) < 4.78 is 4.26. The Labute approximate surface area is 51.9 Å². The first-order valence-corrected chi connectivity index (χ1v) is 2.49. The van der Waals surface area contributed by atoms with Gasteiger partial charge in [0.05, 0.1) is 12.8 Å². The van der Waals surface area contributed by atoms with E-state index < -0.39 is 11.9 Å². The minimum atomic E-state index is -1.36. The smallest absolute Gasteiger partial charge is 0.450 e. The van der Waals surface area contributed by atoms with E-state index in [-0.39, 0.29) is 0 Å². The highest BCUT2D eigenvalue weighted by molar-refractivity contribution is 5.58. The SMILES string of the molecule is [C-]#[N+]C1(OC(=O)O)CC1. The first kappa shape index (κ1) is 5.89. The number of rotatable bonds is 1. The van der Waals surface area contributed by atoms with Gasteiger partial charge in [0, 0.05) is 0 Å². The van der Waals surface area contributed by atoms with E-state index in [1.807, 2.05) is 0 Å². The van der Waals surface area contributed by atoms with E-state index >= 15 is 0 Å². The van der Waals surface area contributed by atoms with Gasteiger partial charge in [0.1, 0.15) is 0 Å². The largest absolute Gasteiger partial charge is 0.511 e. The van der Waals surface area contributed by atoms with Crippen molar-refractivity contribution >= 4 is 6.16 Å². The lowest BCUT2D eigenvalue weighted by molar-refractivity contribution is 0.0585. The van der Waals surface area contributed by atoms with Crippen LogP contribution in [0.15, 0.2) is 0 Å². The number of carboxylic acid groups (broad SMARTS) is 1. The summed E-state index contributed by atoms with van der Waals surface area (Å²) in [4.78, 5) is 12.9. The lowest BCUT2D eigenvalue weighted by atomic mass is 10.6. The lowest BCUT2D eigenvalue weighted by Gasteiger charge is -1.97. The van der Waals surface area contributed by atoms with Crippen molar-refractivity contribution in [2.24, 2.45) is 0 Å². The first-order chi connectivity index (χ1) is 4.18. The zero-order valence-corrected chi connectivity index (χ0v) is 4.63. The van der Waals surface area contributed by atoms with Crippen molar-refractivity contribution in [2.45, 2.75) is 18.6 Å². The monoisotopic (exact) mass is 127 g/mol. The quantitative estimate of drug-likeness (QED) is 0.423. The molecule has 1 aliphatic carbocycles. The van der Waals surface area contributed by atoms with Crippen LogP contribution in [0.4, 0.5) is 4.79 Å². The van der Waals surface area contributed by atoms with E-state index in [1.165, 1.54) is 0 Å². The molecule has 0 aromatic carbocycles. The topological polar surface area (TPSA) is 50.9 Å². The molecule has 9 heavy (non-hydrogen) atoms. The Bertz CT molecular complexity index is 177. The maximum absolute atomic E-state index is 9.85. The number of carbonyl (C=O) groups is 1. The van der Waals surface area contributed by atoms with Gasteiger partial charge in [-0.15, -0.1) is 0 Å². The summed E-state index contributed by atoms with van der Waals surface area (Å²) in [7, 11) is 0. The summed E-state index contributed by atoms with van der Waals surface area (Å²) in [6, 6.07) is 0. The Morgan fingerprint density at radius 3 is 2.44 bits per heavy atom. The van der Waals surface area contributed by atoms with Gasteiger partial charge in [-0.1, -0.05) is 0 Å². The molecule has 0 unspecified atom stereocenters. The molecule has 48 valence electrons. The number of ether oxygens (including phenoxy) is 1. The van der Waals surface area contributed by atoms with Gasteiger partial charge >= 0.3 is 11.9 Å². The van der Waals surface area contributed by atoms with Gasteiger partial charge in [-0.25, -0.2) is 11.4 Å².